The van der Waals surface area contributed by atoms with Crippen molar-refractivity contribution in [2.24, 2.45) is 0 Å². The van der Waals surface area contributed by atoms with Gasteiger partial charge in [0.25, 0.3) is 5.91 Å². The number of anilines is 2. The predicted octanol–water partition coefficient (Wildman–Crippen LogP) is 2.10. The van der Waals surface area contributed by atoms with Crippen LogP contribution in [0.1, 0.15) is 54.7 Å². The number of alkyl halides is 1. The van der Waals surface area contributed by atoms with Crippen molar-refractivity contribution in [2.75, 3.05) is 31.5 Å². The maximum absolute atomic E-state index is 15.2. The fraction of sp³-hybridized carbons (Fsp3) is 0.542. The highest BCUT2D eigenvalue weighted by molar-refractivity contribution is 5.93. The number of piperazine rings is 1. The minimum absolute atomic E-state index is 0.120. The molecule has 2 amide bonds. The van der Waals surface area contributed by atoms with Crippen LogP contribution in [0.2, 0.25) is 0 Å². The molecule has 3 atom stereocenters. The van der Waals surface area contributed by atoms with Gasteiger partial charge in [-0.05, 0) is 38.7 Å². The summed E-state index contributed by atoms with van der Waals surface area (Å²) in [6, 6.07) is 3.46. The molecule has 196 valence electrons. The summed E-state index contributed by atoms with van der Waals surface area (Å²) in [7, 11) is 0. The molecule has 13 heteroatoms. The lowest BCUT2D eigenvalue weighted by molar-refractivity contribution is 0.0546. The molecule has 3 aromatic rings. The number of ether oxygens (including phenoxy) is 1. The molecule has 0 radical (unpaired) electrons. The summed E-state index contributed by atoms with van der Waals surface area (Å²) in [4.78, 5) is 35.6. The molecule has 4 N–H and O–H groups in total. The SMILES string of the molecule is CC1(NC(=O)O[C@H]2CC[C@@H](c3cc(Nc4nccc5nc(C(=O)N6CCNCC6)cn45)n[nH]3)[C@H]2F)CC1. The summed E-state index contributed by atoms with van der Waals surface area (Å²) in [6.45, 7) is 4.74. The van der Waals surface area contributed by atoms with Crippen LogP contribution < -0.4 is 16.0 Å². The molecule has 1 saturated heterocycles. The third-order valence-electron chi connectivity index (χ3n) is 7.41. The molecule has 0 unspecified atom stereocenters. The number of halogens is 1. The van der Waals surface area contributed by atoms with E-state index in [4.69, 9.17) is 4.74 Å². The number of nitrogens with zero attached hydrogens (tertiary/aromatic N) is 5. The first-order valence-corrected chi connectivity index (χ1v) is 12.7. The smallest absolute Gasteiger partial charge is 0.407 e. The molecule has 3 aliphatic rings. The number of H-pyrrole nitrogens is 1. The first-order chi connectivity index (χ1) is 17.9. The Morgan fingerprint density at radius 1 is 1.24 bits per heavy atom. The highest BCUT2D eigenvalue weighted by atomic mass is 19.1. The fourth-order valence-electron chi connectivity index (χ4n) is 4.95. The number of aromatic amines is 1. The Bertz CT molecular complexity index is 1310. The highest BCUT2D eigenvalue weighted by Crippen LogP contribution is 2.39. The number of imidazole rings is 1. The van der Waals surface area contributed by atoms with Gasteiger partial charge in [-0.1, -0.05) is 0 Å². The Labute approximate surface area is 212 Å². The van der Waals surface area contributed by atoms with Crippen molar-refractivity contribution in [3.05, 3.63) is 35.9 Å². The average molecular weight is 512 g/mol. The van der Waals surface area contributed by atoms with E-state index in [0.717, 1.165) is 25.9 Å². The first-order valence-electron chi connectivity index (χ1n) is 12.7. The molecular weight excluding hydrogens is 481 g/mol. The first kappa shape index (κ1) is 23.6. The number of alkyl carbamates (subject to hydrolysis) is 1. The number of carbonyl (C=O) groups is 2. The summed E-state index contributed by atoms with van der Waals surface area (Å²) in [6.07, 6.45) is 3.37. The van der Waals surface area contributed by atoms with Crippen molar-refractivity contribution < 1.29 is 18.7 Å². The molecule has 2 saturated carbocycles. The van der Waals surface area contributed by atoms with Gasteiger partial charge in [-0.15, -0.1) is 0 Å². The van der Waals surface area contributed by atoms with Crippen molar-refractivity contribution in [1.82, 2.24) is 40.1 Å². The summed E-state index contributed by atoms with van der Waals surface area (Å²) in [5, 5.41) is 16.4. The average Bonchev–Trinajstić information content (AvgIpc) is 3.25. The second-order valence-electron chi connectivity index (χ2n) is 10.3. The van der Waals surface area contributed by atoms with Crippen LogP contribution in [0.5, 0.6) is 0 Å². The van der Waals surface area contributed by atoms with Gasteiger partial charge >= 0.3 is 6.09 Å². The molecule has 6 rings (SSSR count). The van der Waals surface area contributed by atoms with Gasteiger partial charge in [-0.25, -0.2) is 19.2 Å². The van der Waals surface area contributed by atoms with E-state index in [2.05, 4.69) is 36.1 Å². The number of hydrogen-bond acceptors (Lipinski definition) is 8. The number of nitrogens with one attached hydrogen (secondary N) is 4. The summed E-state index contributed by atoms with van der Waals surface area (Å²) in [5.74, 6) is 0.300. The molecule has 4 heterocycles. The van der Waals surface area contributed by atoms with Crippen LogP contribution in [-0.4, -0.2) is 85.5 Å². The summed E-state index contributed by atoms with van der Waals surface area (Å²) in [5.41, 5.74) is 1.32. The maximum atomic E-state index is 15.2. The zero-order chi connectivity index (χ0) is 25.6. The van der Waals surface area contributed by atoms with Crippen LogP contribution in [0, 0.1) is 0 Å². The second kappa shape index (κ2) is 9.29. The van der Waals surface area contributed by atoms with E-state index < -0.39 is 24.3 Å². The Morgan fingerprint density at radius 3 is 2.84 bits per heavy atom. The zero-order valence-corrected chi connectivity index (χ0v) is 20.5. The van der Waals surface area contributed by atoms with E-state index in [1.165, 1.54) is 0 Å². The summed E-state index contributed by atoms with van der Waals surface area (Å²) >= 11 is 0. The zero-order valence-electron chi connectivity index (χ0n) is 20.5. The van der Waals surface area contributed by atoms with Crippen molar-refractivity contribution >= 4 is 29.4 Å². The quantitative estimate of drug-likeness (QED) is 0.394. The van der Waals surface area contributed by atoms with Crippen LogP contribution in [0.25, 0.3) is 5.65 Å². The molecule has 1 aliphatic heterocycles. The molecule has 0 spiro atoms. The van der Waals surface area contributed by atoms with Crippen LogP contribution in [0.4, 0.5) is 21.0 Å². The highest BCUT2D eigenvalue weighted by Gasteiger charge is 2.43. The summed E-state index contributed by atoms with van der Waals surface area (Å²) < 4.78 is 22.3. The van der Waals surface area contributed by atoms with Crippen LogP contribution in [-0.2, 0) is 4.74 Å². The Kier molecular flexibility index (Phi) is 5.94. The Hall–Kier alpha value is -3.74. The molecule has 0 aromatic carbocycles. The standard InChI is InChI=1S/C24H30FN9O3/c1-24(5-6-24)30-23(36)37-17-3-2-14(20(17)25)15-12-18(32-31-15)29-22-27-7-4-19-28-16(13-34(19)22)21(35)33-10-8-26-9-11-33/h4,7,12-14,17,20,26H,2-3,5-6,8-11H2,1H3,(H,30,36)(H2,27,29,31,32)/t14-,17-,20+/m0/s1. The van der Waals surface area contributed by atoms with Crippen molar-refractivity contribution in [3.8, 4) is 0 Å². The normalized spacial score (nSPS) is 24.7. The van der Waals surface area contributed by atoms with E-state index >= 15 is 4.39 Å². The number of rotatable bonds is 6. The van der Waals surface area contributed by atoms with E-state index in [1.54, 1.807) is 33.8 Å². The van der Waals surface area contributed by atoms with Gasteiger partial charge in [0.2, 0.25) is 5.95 Å². The topological polar surface area (TPSA) is 142 Å². The Morgan fingerprint density at radius 2 is 2.05 bits per heavy atom. The largest absolute Gasteiger partial charge is 0.443 e. The van der Waals surface area contributed by atoms with Gasteiger partial charge in [0.05, 0.1) is 0 Å². The third-order valence-corrected chi connectivity index (χ3v) is 7.41. The number of amides is 2. The third kappa shape index (κ3) is 4.82. The lowest BCUT2D eigenvalue weighted by Crippen LogP contribution is -2.46. The van der Waals surface area contributed by atoms with Gasteiger partial charge in [-0.3, -0.25) is 14.3 Å². The van der Waals surface area contributed by atoms with E-state index in [-0.39, 0.29) is 11.4 Å². The molecular formula is C24H30FN9O3. The van der Waals surface area contributed by atoms with Crippen molar-refractivity contribution in [3.63, 3.8) is 0 Å². The predicted molar refractivity (Wildman–Crippen MR) is 132 cm³/mol. The number of aromatic nitrogens is 5. The van der Waals surface area contributed by atoms with Gasteiger partial charge in [0.15, 0.2) is 5.82 Å². The van der Waals surface area contributed by atoms with Crippen molar-refractivity contribution in [2.45, 2.75) is 56.3 Å². The van der Waals surface area contributed by atoms with Crippen LogP contribution in [0.3, 0.4) is 0 Å². The number of fused-ring (bicyclic) bond motifs is 1. The molecule has 2 aliphatic carbocycles. The van der Waals surface area contributed by atoms with Gasteiger partial charge in [-0.2, -0.15) is 5.10 Å². The molecule has 12 nitrogen and oxygen atoms in total. The maximum Gasteiger partial charge on any atom is 0.407 e. The van der Waals surface area contributed by atoms with Gasteiger partial charge < -0.3 is 25.6 Å². The van der Waals surface area contributed by atoms with Crippen LogP contribution in [0.15, 0.2) is 24.5 Å². The van der Waals surface area contributed by atoms with E-state index in [9.17, 15) is 9.59 Å². The Balaban J connectivity index is 1.13. The van der Waals surface area contributed by atoms with Gasteiger partial charge in [0.1, 0.15) is 23.6 Å². The molecule has 3 fully saturated rings. The van der Waals surface area contributed by atoms with Gasteiger partial charge in [0, 0.05) is 61.8 Å². The van der Waals surface area contributed by atoms with Crippen LogP contribution >= 0.6 is 0 Å². The monoisotopic (exact) mass is 511 g/mol. The van der Waals surface area contributed by atoms with E-state index in [1.807, 2.05) is 6.92 Å². The molecule has 3 aromatic heterocycles. The van der Waals surface area contributed by atoms with E-state index in [0.29, 0.717) is 54.7 Å². The fourth-order valence-corrected chi connectivity index (χ4v) is 4.95. The number of hydrogen-bond donors (Lipinski definition) is 4. The minimum atomic E-state index is -1.33. The second-order valence-corrected chi connectivity index (χ2v) is 10.3. The lowest BCUT2D eigenvalue weighted by atomic mass is 10.0. The number of carbonyl (C=O) groups excluding carboxylic acids is 2. The lowest BCUT2D eigenvalue weighted by Gasteiger charge is -2.26. The van der Waals surface area contributed by atoms with Crippen molar-refractivity contribution in [1.29, 1.82) is 0 Å². The molecule has 0 bridgehead atoms. The molecule has 37 heavy (non-hydrogen) atoms. The minimum Gasteiger partial charge on any atom is -0.443 e.